The highest BCUT2D eigenvalue weighted by Gasteiger charge is 2.39. The Bertz CT molecular complexity index is 760. The Kier molecular flexibility index (Phi) is 3.89. The number of nitrogens with zero attached hydrogens (tertiary/aromatic N) is 1. The summed E-state index contributed by atoms with van der Waals surface area (Å²) in [6, 6.07) is 12.6. The van der Waals surface area contributed by atoms with E-state index in [-0.39, 0.29) is 24.0 Å². The van der Waals surface area contributed by atoms with Crippen molar-refractivity contribution in [1.82, 2.24) is 0 Å². The van der Waals surface area contributed by atoms with Crippen molar-refractivity contribution in [2.45, 2.75) is 12.5 Å². The molecule has 23 heavy (non-hydrogen) atoms. The fraction of sp³-hybridized carbons (Fsp3) is 0.176. The van der Waals surface area contributed by atoms with Crippen LogP contribution in [-0.4, -0.2) is 30.1 Å². The Balaban J connectivity index is 1.84. The summed E-state index contributed by atoms with van der Waals surface area (Å²) >= 11 is 0. The number of rotatable bonds is 4. The number of phenols is 1. The molecule has 1 fully saturated rings. The van der Waals surface area contributed by atoms with E-state index in [1.54, 1.807) is 31.4 Å². The Labute approximate surface area is 133 Å². The van der Waals surface area contributed by atoms with Gasteiger partial charge >= 0.3 is 0 Å². The van der Waals surface area contributed by atoms with E-state index in [1.165, 1.54) is 12.1 Å². The van der Waals surface area contributed by atoms with Crippen molar-refractivity contribution in [3.8, 4) is 11.5 Å². The molecule has 3 rings (SSSR count). The number of amides is 2. The zero-order valence-corrected chi connectivity index (χ0v) is 12.5. The number of ether oxygens (including phenoxy) is 1. The first-order valence-corrected chi connectivity index (χ1v) is 7.15. The quantitative estimate of drug-likeness (QED) is 0.846. The lowest BCUT2D eigenvalue weighted by Crippen LogP contribution is -2.34. The Morgan fingerprint density at radius 2 is 1.96 bits per heavy atom. The van der Waals surface area contributed by atoms with Gasteiger partial charge in [-0.05, 0) is 24.3 Å². The zero-order chi connectivity index (χ0) is 16.4. The molecule has 0 saturated carbocycles. The summed E-state index contributed by atoms with van der Waals surface area (Å²) in [5, 5.41) is 12.6. The van der Waals surface area contributed by atoms with E-state index >= 15 is 0 Å². The first-order valence-electron chi connectivity index (χ1n) is 7.15. The zero-order valence-electron chi connectivity index (χ0n) is 12.5. The number of para-hydroxylation sites is 2. The number of phenolic OH excluding ortho intramolecular Hbond substituents is 1. The van der Waals surface area contributed by atoms with Crippen LogP contribution in [0.2, 0.25) is 0 Å². The second kappa shape index (κ2) is 6.00. The van der Waals surface area contributed by atoms with Crippen molar-refractivity contribution >= 4 is 23.2 Å². The van der Waals surface area contributed by atoms with Crippen molar-refractivity contribution < 1.29 is 19.4 Å². The monoisotopic (exact) mass is 312 g/mol. The molecule has 118 valence electrons. The van der Waals surface area contributed by atoms with Crippen LogP contribution in [0.3, 0.4) is 0 Å². The van der Waals surface area contributed by atoms with Crippen molar-refractivity contribution in [3.05, 3.63) is 48.5 Å². The van der Waals surface area contributed by atoms with E-state index in [9.17, 15) is 14.7 Å². The lowest BCUT2D eigenvalue weighted by Gasteiger charge is -2.17. The van der Waals surface area contributed by atoms with Gasteiger partial charge in [0.1, 0.15) is 17.5 Å². The first-order chi connectivity index (χ1) is 11.1. The second-order valence-corrected chi connectivity index (χ2v) is 5.19. The van der Waals surface area contributed by atoms with Crippen LogP contribution in [0.1, 0.15) is 6.42 Å². The molecule has 1 unspecified atom stereocenters. The van der Waals surface area contributed by atoms with E-state index in [2.05, 4.69) is 5.32 Å². The van der Waals surface area contributed by atoms with Gasteiger partial charge in [0.05, 0.1) is 24.9 Å². The van der Waals surface area contributed by atoms with Crippen molar-refractivity contribution in [2.24, 2.45) is 0 Å². The average molecular weight is 312 g/mol. The molecular formula is C17H16N2O4. The molecule has 0 aromatic heterocycles. The molecule has 1 atom stereocenters. The fourth-order valence-corrected chi connectivity index (χ4v) is 2.60. The van der Waals surface area contributed by atoms with E-state index in [1.807, 2.05) is 12.1 Å². The molecule has 2 aromatic rings. The maximum absolute atomic E-state index is 12.6. The van der Waals surface area contributed by atoms with Crippen LogP contribution in [-0.2, 0) is 9.59 Å². The van der Waals surface area contributed by atoms with Gasteiger partial charge in [0.15, 0.2) is 0 Å². The van der Waals surface area contributed by atoms with Crippen LogP contribution in [0.25, 0.3) is 0 Å². The number of imide groups is 1. The molecule has 1 aliphatic heterocycles. The lowest BCUT2D eigenvalue weighted by atomic mass is 10.2. The van der Waals surface area contributed by atoms with Gasteiger partial charge in [0.2, 0.25) is 5.91 Å². The van der Waals surface area contributed by atoms with E-state index in [0.29, 0.717) is 17.1 Å². The minimum atomic E-state index is -0.666. The standard InChI is InChI=1S/C17H16N2O4/c1-23-15-8-3-2-7-13(15)18-14-10-16(21)19(17(14)22)11-5-4-6-12(20)9-11/h2-9,14,18,20H,10H2,1H3. The van der Waals surface area contributed by atoms with Gasteiger partial charge in [-0.1, -0.05) is 18.2 Å². The second-order valence-electron chi connectivity index (χ2n) is 5.19. The van der Waals surface area contributed by atoms with Crippen molar-refractivity contribution in [2.75, 3.05) is 17.3 Å². The van der Waals surface area contributed by atoms with Gasteiger partial charge in [-0.15, -0.1) is 0 Å². The van der Waals surface area contributed by atoms with Gasteiger partial charge in [0.25, 0.3) is 5.91 Å². The van der Waals surface area contributed by atoms with Crippen LogP contribution in [0.5, 0.6) is 11.5 Å². The number of aromatic hydroxyl groups is 1. The molecule has 0 bridgehead atoms. The van der Waals surface area contributed by atoms with Crippen LogP contribution in [0, 0.1) is 0 Å². The number of carbonyl (C=O) groups is 2. The molecule has 1 saturated heterocycles. The molecule has 2 N–H and O–H groups in total. The summed E-state index contributed by atoms with van der Waals surface area (Å²) < 4.78 is 5.24. The number of benzene rings is 2. The van der Waals surface area contributed by atoms with Crippen LogP contribution in [0.15, 0.2) is 48.5 Å². The molecule has 6 heteroatoms. The highest BCUT2D eigenvalue weighted by atomic mass is 16.5. The summed E-state index contributed by atoms with van der Waals surface area (Å²) in [4.78, 5) is 25.8. The molecular weight excluding hydrogens is 296 g/mol. The third-order valence-corrected chi connectivity index (χ3v) is 3.67. The number of nitrogens with one attached hydrogen (secondary N) is 1. The minimum absolute atomic E-state index is 0.00392. The molecule has 1 heterocycles. The van der Waals surface area contributed by atoms with Gasteiger partial charge in [-0.2, -0.15) is 0 Å². The Morgan fingerprint density at radius 1 is 1.17 bits per heavy atom. The lowest BCUT2D eigenvalue weighted by molar-refractivity contribution is -0.121. The summed E-state index contributed by atoms with van der Waals surface area (Å²) in [5.74, 6) is -0.0627. The highest BCUT2D eigenvalue weighted by Crippen LogP contribution is 2.30. The molecule has 6 nitrogen and oxygen atoms in total. The largest absolute Gasteiger partial charge is 0.508 e. The van der Waals surface area contributed by atoms with E-state index < -0.39 is 6.04 Å². The third-order valence-electron chi connectivity index (χ3n) is 3.67. The topological polar surface area (TPSA) is 78.9 Å². The maximum Gasteiger partial charge on any atom is 0.256 e. The van der Waals surface area contributed by atoms with Gasteiger partial charge in [-0.3, -0.25) is 9.59 Å². The van der Waals surface area contributed by atoms with Gasteiger partial charge in [0, 0.05) is 6.07 Å². The SMILES string of the molecule is COc1ccccc1NC1CC(=O)N(c2cccc(O)c2)C1=O. The normalized spacial score (nSPS) is 17.4. The summed E-state index contributed by atoms with van der Waals surface area (Å²) in [6.45, 7) is 0. The smallest absolute Gasteiger partial charge is 0.256 e. The highest BCUT2D eigenvalue weighted by molar-refractivity contribution is 6.23. The maximum atomic E-state index is 12.6. The number of carbonyl (C=O) groups excluding carboxylic acids is 2. The first kappa shape index (κ1) is 14.9. The van der Waals surface area contributed by atoms with Crippen LogP contribution >= 0.6 is 0 Å². The summed E-state index contributed by atoms with van der Waals surface area (Å²) in [6.07, 6.45) is 0.0482. The van der Waals surface area contributed by atoms with Gasteiger partial charge in [-0.25, -0.2) is 4.90 Å². The summed E-state index contributed by atoms with van der Waals surface area (Å²) in [5.41, 5.74) is 1.02. The number of hydrogen-bond donors (Lipinski definition) is 2. The average Bonchev–Trinajstić information content (AvgIpc) is 2.82. The van der Waals surface area contributed by atoms with Gasteiger partial charge < -0.3 is 15.2 Å². The Hall–Kier alpha value is -3.02. The molecule has 0 aliphatic carbocycles. The predicted octanol–water partition coefficient (Wildman–Crippen LogP) is 2.14. The molecule has 0 spiro atoms. The summed E-state index contributed by atoms with van der Waals surface area (Å²) in [7, 11) is 1.54. The minimum Gasteiger partial charge on any atom is -0.508 e. The van der Waals surface area contributed by atoms with Crippen molar-refractivity contribution in [1.29, 1.82) is 0 Å². The third kappa shape index (κ3) is 2.83. The fourth-order valence-electron chi connectivity index (χ4n) is 2.60. The number of hydrogen-bond acceptors (Lipinski definition) is 5. The number of methoxy groups -OCH3 is 1. The molecule has 2 aromatic carbocycles. The Morgan fingerprint density at radius 3 is 2.70 bits per heavy atom. The van der Waals surface area contributed by atoms with E-state index in [0.717, 1.165) is 4.90 Å². The van der Waals surface area contributed by atoms with Crippen molar-refractivity contribution in [3.63, 3.8) is 0 Å². The van der Waals surface area contributed by atoms with Crippen LogP contribution in [0.4, 0.5) is 11.4 Å². The molecule has 1 aliphatic rings. The van der Waals surface area contributed by atoms with Crippen LogP contribution < -0.4 is 15.0 Å². The molecule has 0 radical (unpaired) electrons. The predicted molar refractivity (Wildman–Crippen MR) is 85.6 cm³/mol. The molecule has 2 amide bonds. The van der Waals surface area contributed by atoms with E-state index in [4.69, 9.17) is 4.74 Å². The number of anilines is 2.